The van der Waals surface area contributed by atoms with E-state index in [1.54, 1.807) is 45.3 Å². The van der Waals surface area contributed by atoms with Crippen molar-refractivity contribution in [3.63, 3.8) is 0 Å². The lowest BCUT2D eigenvalue weighted by Gasteiger charge is -2.12. The van der Waals surface area contributed by atoms with Gasteiger partial charge in [0.2, 0.25) is 0 Å². The zero-order valence-electron chi connectivity index (χ0n) is 35.7. The van der Waals surface area contributed by atoms with E-state index in [9.17, 15) is 0 Å². The molecule has 0 atom stereocenters. The average Bonchev–Trinajstić information content (AvgIpc) is 4.06. The molecule has 0 bridgehead atoms. The molecule has 0 aliphatic rings. The molecule has 0 amide bonds. The van der Waals surface area contributed by atoms with Gasteiger partial charge in [0.25, 0.3) is 0 Å². The standard InChI is InChI=1S/C54H60Cl2S4/c1-3-5-7-9-11-13-15-17-19-21-23-39-35-53(55)59-49(39)27-25-43-45-33-41-29-31-57-51(41)37-47(45)44(48-38-52-42(30-32-58-52)34-46(43)48)26-28-50-40(36-54(56)60-50)24-22-20-18-16-14-12-10-8-6-4-2/h29-38H,3-24H2,1-2H3. The molecule has 0 unspecified atom stereocenters. The van der Waals surface area contributed by atoms with Crippen LogP contribution in [-0.4, -0.2) is 0 Å². The van der Waals surface area contributed by atoms with Crippen molar-refractivity contribution in [2.75, 3.05) is 0 Å². The zero-order valence-corrected chi connectivity index (χ0v) is 40.5. The second-order valence-electron chi connectivity index (χ2n) is 16.6. The minimum absolute atomic E-state index is 0.822. The molecular weight excluding hydrogens is 848 g/mol. The molecule has 3 aromatic carbocycles. The van der Waals surface area contributed by atoms with Crippen LogP contribution in [0, 0.1) is 23.7 Å². The van der Waals surface area contributed by atoms with Crippen LogP contribution in [0.25, 0.3) is 41.7 Å². The van der Waals surface area contributed by atoms with Crippen molar-refractivity contribution >= 4 is 110 Å². The van der Waals surface area contributed by atoms with Crippen molar-refractivity contribution in [3.8, 4) is 23.7 Å². The maximum Gasteiger partial charge on any atom is 0.0944 e. The number of rotatable bonds is 22. The van der Waals surface area contributed by atoms with E-state index in [-0.39, 0.29) is 0 Å². The molecule has 0 aliphatic heterocycles. The molecule has 7 rings (SSSR count). The first kappa shape index (κ1) is 45.2. The second-order valence-corrected chi connectivity index (χ2v) is 21.9. The van der Waals surface area contributed by atoms with Crippen molar-refractivity contribution in [2.45, 2.75) is 155 Å². The Kier molecular flexibility index (Phi) is 17.8. The molecule has 0 nitrogen and oxygen atoms in total. The van der Waals surface area contributed by atoms with E-state index in [1.807, 2.05) is 0 Å². The van der Waals surface area contributed by atoms with Crippen molar-refractivity contribution in [1.82, 2.24) is 0 Å². The van der Waals surface area contributed by atoms with Gasteiger partial charge in [-0.15, -0.1) is 45.3 Å². The quantitative estimate of drug-likeness (QED) is 0.0361. The van der Waals surface area contributed by atoms with E-state index in [0.29, 0.717) is 0 Å². The number of hydrogen-bond acceptors (Lipinski definition) is 4. The summed E-state index contributed by atoms with van der Waals surface area (Å²) in [6, 6.07) is 18.2. The number of hydrogen-bond donors (Lipinski definition) is 0. The molecule has 4 heterocycles. The number of fused-ring (bicyclic) bond motifs is 4. The van der Waals surface area contributed by atoms with Crippen molar-refractivity contribution < 1.29 is 0 Å². The summed E-state index contributed by atoms with van der Waals surface area (Å²) in [6.45, 7) is 4.58. The summed E-state index contributed by atoms with van der Waals surface area (Å²) in [5.41, 5.74) is 4.72. The average molecular weight is 908 g/mol. The monoisotopic (exact) mass is 906 g/mol. The maximum atomic E-state index is 6.70. The predicted molar refractivity (Wildman–Crippen MR) is 274 cm³/mol. The van der Waals surface area contributed by atoms with Gasteiger partial charge in [0.1, 0.15) is 0 Å². The molecule has 0 radical (unpaired) electrons. The Hall–Kier alpha value is -2.80. The third kappa shape index (κ3) is 12.2. The third-order valence-electron chi connectivity index (χ3n) is 12.0. The van der Waals surface area contributed by atoms with Gasteiger partial charge in [-0.25, -0.2) is 0 Å². The fraction of sp³-hybridized carbons (Fsp3) is 0.444. The Bertz CT molecular complexity index is 2320. The first-order chi connectivity index (χ1) is 29.5. The second kappa shape index (κ2) is 23.6. The Labute approximate surface area is 386 Å². The Morgan fingerprint density at radius 3 is 1.15 bits per heavy atom. The van der Waals surface area contributed by atoms with E-state index in [0.717, 1.165) is 53.2 Å². The normalized spacial score (nSPS) is 11.5. The summed E-state index contributed by atoms with van der Waals surface area (Å²) in [4.78, 5) is 2.19. The van der Waals surface area contributed by atoms with Gasteiger partial charge in [0.15, 0.2) is 0 Å². The summed E-state index contributed by atoms with van der Waals surface area (Å²) >= 11 is 20.2. The van der Waals surface area contributed by atoms with E-state index >= 15 is 0 Å². The largest absolute Gasteiger partial charge is 0.144 e. The molecule has 0 saturated heterocycles. The molecule has 4 aromatic heterocycles. The van der Waals surface area contributed by atoms with Gasteiger partial charge >= 0.3 is 0 Å². The maximum absolute atomic E-state index is 6.70. The Balaban J connectivity index is 1.16. The molecule has 0 N–H and O–H groups in total. The van der Waals surface area contributed by atoms with E-state index in [1.165, 1.54) is 170 Å². The lowest BCUT2D eigenvalue weighted by molar-refractivity contribution is 0.556. The number of benzene rings is 3. The van der Waals surface area contributed by atoms with Gasteiger partial charge in [-0.1, -0.05) is 176 Å². The van der Waals surface area contributed by atoms with Crippen LogP contribution >= 0.6 is 68.5 Å². The highest BCUT2D eigenvalue weighted by atomic mass is 35.5. The van der Waals surface area contributed by atoms with Gasteiger partial charge in [-0.3, -0.25) is 0 Å². The molecular formula is C54H60Cl2S4. The van der Waals surface area contributed by atoms with Crippen molar-refractivity contribution in [3.05, 3.63) is 100.0 Å². The number of aryl methyl sites for hydroxylation is 2. The van der Waals surface area contributed by atoms with Crippen LogP contribution in [0.3, 0.4) is 0 Å². The van der Waals surface area contributed by atoms with Crippen LogP contribution in [0.5, 0.6) is 0 Å². The topological polar surface area (TPSA) is 0 Å². The first-order valence-corrected chi connectivity index (χ1v) is 27.1. The number of thiophene rings is 4. The zero-order chi connectivity index (χ0) is 41.5. The summed E-state index contributed by atoms with van der Waals surface area (Å²) in [5, 5.41) is 11.5. The van der Waals surface area contributed by atoms with Crippen LogP contribution in [0.1, 0.15) is 174 Å². The van der Waals surface area contributed by atoms with Crippen molar-refractivity contribution in [2.24, 2.45) is 0 Å². The highest BCUT2D eigenvalue weighted by molar-refractivity contribution is 7.18. The van der Waals surface area contributed by atoms with Crippen LogP contribution < -0.4 is 0 Å². The van der Waals surface area contributed by atoms with Crippen LogP contribution in [-0.2, 0) is 12.8 Å². The van der Waals surface area contributed by atoms with Gasteiger partial charge in [-0.2, -0.15) is 0 Å². The summed E-state index contributed by atoms with van der Waals surface area (Å²) in [6.07, 6.45) is 28.7. The van der Waals surface area contributed by atoms with Crippen molar-refractivity contribution in [1.29, 1.82) is 0 Å². The predicted octanol–water partition coefficient (Wildman–Crippen LogP) is 19.6. The Morgan fingerprint density at radius 1 is 0.417 bits per heavy atom. The summed E-state index contributed by atoms with van der Waals surface area (Å²) in [5.74, 6) is 14.9. The molecule has 6 heteroatoms. The molecule has 0 saturated carbocycles. The lowest BCUT2D eigenvalue weighted by atomic mass is 9.90. The fourth-order valence-corrected chi connectivity index (χ4v) is 12.6. The fourth-order valence-electron chi connectivity index (χ4n) is 8.62. The molecule has 314 valence electrons. The highest BCUT2D eigenvalue weighted by Gasteiger charge is 2.16. The van der Waals surface area contributed by atoms with E-state index < -0.39 is 0 Å². The Morgan fingerprint density at radius 2 is 0.767 bits per heavy atom. The number of halogens is 2. The molecule has 0 aliphatic carbocycles. The number of unbranched alkanes of at least 4 members (excludes halogenated alkanes) is 18. The van der Waals surface area contributed by atoms with E-state index in [4.69, 9.17) is 23.2 Å². The first-order valence-electron chi connectivity index (χ1n) is 22.9. The van der Waals surface area contributed by atoms with Gasteiger partial charge in [0.05, 0.1) is 18.4 Å². The third-order valence-corrected chi connectivity index (χ3v) is 16.2. The van der Waals surface area contributed by atoms with E-state index in [2.05, 4.69) is 96.8 Å². The molecule has 7 aromatic rings. The minimum Gasteiger partial charge on any atom is -0.144 e. The van der Waals surface area contributed by atoms with Gasteiger partial charge in [0, 0.05) is 31.3 Å². The molecule has 0 spiro atoms. The lowest BCUT2D eigenvalue weighted by Crippen LogP contribution is -1.92. The highest BCUT2D eigenvalue weighted by Crippen LogP contribution is 2.40. The minimum atomic E-state index is 0.822. The molecule has 0 fully saturated rings. The SMILES string of the molecule is CCCCCCCCCCCCc1cc(Cl)sc1C#Cc1c2cc3ccsc3cc2c(C#Cc2sc(Cl)cc2CCCCCCCCCCCC)c2cc3sccc3cc12. The molecule has 60 heavy (non-hydrogen) atoms. The van der Waals surface area contributed by atoms with Crippen LogP contribution in [0.2, 0.25) is 8.67 Å². The van der Waals surface area contributed by atoms with Crippen LogP contribution in [0.4, 0.5) is 0 Å². The van der Waals surface area contributed by atoms with Gasteiger partial charge < -0.3 is 0 Å². The van der Waals surface area contributed by atoms with Crippen LogP contribution in [0.15, 0.2) is 59.3 Å². The van der Waals surface area contributed by atoms with Gasteiger partial charge in [-0.05, 0) is 118 Å². The summed E-state index contributed by atoms with van der Waals surface area (Å²) < 4.78 is 4.18. The smallest absolute Gasteiger partial charge is 0.0944 e. The summed E-state index contributed by atoms with van der Waals surface area (Å²) in [7, 11) is 0.